The fourth-order valence-corrected chi connectivity index (χ4v) is 3.44. The van der Waals surface area contributed by atoms with Crippen LogP contribution in [-0.2, 0) is 30.9 Å². The van der Waals surface area contributed by atoms with Crippen molar-refractivity contribution in [2.45, 2.75) is 52.4 Å². The van der Waals surface area contributed by atoms with Crippen LogP contribution in [0.3, 0.4) is 0 Å². The second-order valence-corrected chi connectivity index (χ2v) is 10.6. The van der Waals surface area contributed by atoms with E-state index in [4.69, 9.17) is 0 Å². The van der Waals surface area contributed by atoms with Crippen LogP contribution >= 0.6 is 0 Å². The van der Waals surface area contributed by atoms with Crippen molar-refractivity contribution in [3.8, 4) is 22.5 Å². The van der Waals surface area contributed by atoms with E-state index in [0.29, 0.717) is 5.69 Å². The molecule has 0 amide bonds. The summed E-state index contributed by atoms with van der Waals surface area (Å²) in [6, 6.07) is 21.7. The molecule has 4 rings (SSSR count). The zero-order chi connectivity index (χ0) is 26.5. The molecule has 37 heavy (non-hydrogen) atoms. The Morgan fingerprint density at radius 2 is 1.32 bits per heavy atom. The fourth-order valence-electron chi connectivity index (χ4n) is 3.44. The molecule has 0 saturated heterocycles. The number of benzene rings is 2. The van der Waals surface area contributed by atoms with Gasteiger partial charge in [0.15, 0.2) is 0 Å². The first-order chi connectivity index (χ1) is 16.9. The molecular formula is C32H32F2IrN2-2. The predicted octanol–water partition coefficient (Wildman–Crippen LogP) is 8.61. The molecule has 0 spiro atoms. The molecule has 0 aliphatic carbocycles. The molecule has 0 unspecified atom stereocenters. The van der Waals surface area contributed by atoms with Crippen molar-refractivity contribution in [2.24, 2.45) is 0 Å². The summed E-state index contributed by atoms with van der Waals surface area (Å²) in [6.07, 6.45) is 5.32. The molecule has 1 radical (unpaired) electrons. The molecule has 5 heteroatoms. The Kier molecular flexibility index (Phi) is 10.2. The van der Waals surface area contributed by atoms with Gasteiger partial charge in [-0.05, 0) is 45.5 Å². The summed E-state index contributed by atoms with van der Waals surface area (Å²) < 4.78 is 26.5. The van der Waals surface area contributed by atoms with E-state index in [9.17, 15) is 8.78 Å². The molecule has 0 fully saturated rings. The Hall–Kier alpha value is -3.01. The van der Waals surface area contributed by atoms with Gasteiger partial charge in [-0.2, -0.15) is 0 Å². The van der Waals surface area contributed by atoms with Crippen LogP contribution in [0.25, 0.3) is 28.6 Å². The summed E-state index contributed by atoms with van der Waals surface area (Å²) in [5, 5.41) is 0. The SMILES string of the molecule is C=Cc1c[c-]c(-c2cc(C(C)(C)C)ccn2)cc1.CC(C)(C)c1ccnc(-c2[c-]cc(F)cc2F)c1.[Ir]. The topological polar surface area (TPSA) is 25.8 Å². The van der Waals surface area contributed by atoms with E-state index in [2.05, 4.69) is 82.4 Å². The van der Waals surface area contributed by atoms with Gasteiger partial charge < -0.3 is 9.97 Å². The molecule has 0 bridgehead atoms. The van der Waals surface area contributed by atoms with Crippen molar-refractivity contribution >= 4 is 6.08 Å². The van der Waals surface area contributed by atoms with E-state index < -0.39 is 11.6 Å². The minimum atomic E-state index is -0.645. The summed E-state index contributed by atoms with van der Waals surface area (Å²) in [5.41, 5.74) is 6.16. The van der Waals surface area contributed by atoms with Crippen LogP contribution < -0.4 is 0 Å². The van der Waals surface area contributed by atoms with Crippen LogP contribution in [-0.4, -0.2) is 9.97 Å². The molecule has 0 aliphatic rings. The predicted molar refractivity (Wildman–Crippen MR) is 144 cm³/mol. The van der Waals surface area contributed by atoms with E-state index in [-0.39, 0.29) is 36.5 Å². The Morgan fingerprint density at radius 3 is 1.81 bits per heavy atom. The third kappa shape index (κ3) is 8.24. The van der Waals surface area contributed by atoms with Gasteiger partial charge in [-0.25, -0.2) is 0 Å². The van der Waals surface area contributed by atoms with Gasteiger partial charge in [0.05, 0.1) is 0 Å². The maximum atomic E-state index is 13.7. The van der Waals surface area contributed by atoms with Gasteiger partial charge in [0.2, 0.25) is 0 Å². The van der Waals surface area contributed by atoms with Crippen molar-refractivity contribution < 1.29 is 28.9 Å². The third-order valence-electron chi connectivity index (χ3n) is 5.71. The zero-order valence-corrected chi connectivity index (χ0v) is 24.5. The quantitative estimate of drug-likeness (QED) is 0.204. The Morgan fingerprint density at radius 1 is 0.757 bits per heavy atom. The molecule has 2 aromatic heterocycles. The van der Waals surface area contributed by atoms with Gasteiger partial charge in [0.1, 0.15) is 0 Å². The smallest absolute Gasteiger partial charge is 0.0408 e. The summed E-state index contributed by atoms with van der Waals surface area (Å²) in [6.45, 7) is 16.6. The maximum absolute atomic E-state index is 13.7. The first-order valence-corrected chi connectivity index (χ1v) is 11.8. The average molecular weight is 675 g/mol. The minimum Gasteiger partial charge on any atom is -0.305 e. The Labute approximate surface area is 233 Å². The van der Waals surface area contributed by atoms with Gasteiger partial charge >= 0.3 is 0 Å². The maximum Gasteiger partial charge on any atom is 0.0408 e. The molecule has 0 N–H and O–H groups in total. The van der Waals surface area contributed by atoms with Crippen molar-refractivity contribution in [1.29, 1.82) is 0 Å². The Bertz CT molecular complexity index is 1330. The number of nitrogens with zero attached hydrogens (tertiary/aromatic N) is 2. The van der Waals surface area contributed by atoms with E-state index in [1.54, 1.807) is 6.20 Å². The zero-order valence-electron chi connectivity index (χ0n) is 22.1. The van der Waals surface area contributed by atoms with Gasteiger partial charge in [0, 0.05) is 44.1 Å². The van der Waals surface area contributed by atoms with Crippen molar-refractivity contribution in [2.75, 3.05) is 0 Å². The number of hydrogen-bond acceptors (Lipinski definition) is 2. The average Bonchev–Trinajstić information content (AvgIpc) is 2.84. The van der Waals surface area contributed by atoms with Crippen LogP contribution in [0.4, 0.5) is 8.78 Å². The van der Waals surface area contributed by atoms with E-state index in [0.717, 1.165) is 34.5 Å². The number of aromatic nitrogens is 2. The van der Waals surface area contributed by atoms with E-state index in [1.165, 1.54) is 5.56 Å². The molecule has 195 valence electrons. The Balaban J connectivity index is 0.000000253. The molecule has 0 saturated carbocycles. The van der Waals surface area contributed by atoms with Crippen LogP contribution in [0.15, 0.2) is 73.6 Å². The normalized spacial score (nSPS) is 11.1. The van der Waals surface area contributed by atoms with Gasteiger partial charge in [-0.3, -0.25) is 8.78 Å². The van der Waals surface area contributed by atoms with E-state index >= 15 is 0 Å². The first kappa shape index (κ1) is 30.2. The standard InChI is InChI=1S/C17H18N.C15H14F2N.Ir/c1-5-13-6-8-14(9-7-13)16-12-15(10-11-18-16)17(2,3)4;1-15(2,3)10-6-7-18-14(8-10)12-5-4-11(16)9-13(12)17;/h5-8,10-12H,1H2,2-4H3;4,6-9H,1-3H3;/q2*-1;. The number of hydrogen-bond donors (Lipinski definition) is 0. The first-order valence-electron chi connectivity index (χ1n) is 11.8. The van der Waals surface area contributed by atoms with Crippen LogP contribution in [0, 0.1) is 23.8 Å². The number of halogens is 2. The van der Waals surface area contributed by atoms with Crippen LogP contribution in [0.1, 0.15) is 58.2 Å². The second kappa shape index (κ2) is 12.5. The monoisotopic (exact) mass is 675 g/mol. The third-order valence-corrected chi connectivity index (χ3v) is 5.71. The summed E-state index contributed by atoms with van der Waals surface area (Å²) in [4.78, 5) is 8.54. The minimum absolute atomic E-state index is 0. The fraction of sp³-hybridized carbons (Fsp3) is 0.250. The van der Waals surface area contributed by atoms with Crippen molar-refractivity contribution in [3.63, 3.8) is 0 Å². The molecule has 0 aliphatic heterocycles. The second-order valence-electron chi connectivity index (χ2n) is 10.6. The summed E-state index contributed by atoms with van der Waals surface area (Å²) >= 11 is 0. The number of rotatable bonds is 3. The molecule has 0 atom stereocenters. The van der Waals surface area contributed by atoms with Crippen molar-refractivity contribution in [1.82, 2.24) is 9.97 Å². The summed E-state index contributed by atoms with van der Waals surface area (Å²) in [5.74, 6) is -1.28. The molecule has 2 aromatic carbocycles. The molecule has 2 heterocycles. The van der Waals surface area contributed by atoms with Crippen LogP contribution in [0.2, 0.25) is 0 Å². The molecule has 2 nitrogen and oxygen atoms in total. The van der Waals surface area contributed by atoms with Gasteiger partial charge in [-0.1, -0.05) is 65.3 Å². The van der Waals surface area contributed by atoms with E-state index in [1.807, 2.05) is 42.6 Å². The summed E-state index contributed by atoms with van der Waals surface area (Å²) in [7, 11) is 0. The van der Waals surface area contributed by atoms with Gasteiger partial charge in [0.25, 0.3) is 0 Å². The number of pyridine rings is 2. The van der Waals surface area contributed by atoms with Crippen LogP contribution in [0.5, 0.6) is 0 Å². The largest absolute Gasteiger partial charge is 0.305 e. The molecule has 4 aromatic rings. The van der Waals surface area contributed by atoms with Crippen molar-refractivity contribution in [3.05, 3.63) is 114 Å². The van der Waals surface area contributed by atoms with Gasteiger partial charge in [-0.15, -0.1) is 60.2 Å². The molecular weight excluding hydrogens is 643 g/mol.